The number of aryl methyl sites for hydroxylation is 1. The molecule has 3 N–H and O–H groups in total. The number of fused-ring (bicyclic) bond motifs is 1. The highest BCUT2D eigenvalue weighted by Crippen LogP contribution is 2.30. The van der Waals surface area contributed by atoms with E-state index in [0.29, 0.717) is 21.9 Å². The van der Waals surface area contributed by atoms with E-state index in [-0.39, 0.29) is 18.0 Å². The first-order valence-electron chi connectivity index (χ1n) is 5.93. The fourth-order valence-corrected chi connectivity index (χ4v) is 2.33. The molecule has 0 saturated carbocycles. The van der Waals surface area contributed by atoms with Crippen LogP contribution in [0.4, 0.5) is 5.69 Å². The molecule has 2 heterocycles. The van der Waals surface area contributed by atoms with Crippen LogP contribution in [0.3, 0.4) is 0 Å². The largest absolute Gasteiger partial charge is 0.464 e. The summed E-state index contributed by atoms with van der Waals surface area (Å²) in [6, 6.07) is 0. The van der Waals surface area contributed by atoms with Crippen LogP contribution < -0.4 is 5.73 Å². The van der Waals surface area contributed by atoms with Gasteiger partial charge in [0.25, 0.3) is 0 Å². The van der Waals surface area contributed by atoms with Gasteiger partial charge in [0.1, 0.15) is 17.9 Å². The summed E-state index contributed by atoms with van der Waals surface area (Å²) in [4.78, 5) is 20.5. The lowest BCUT2D eigenvalue weighted by Gasteiger charge is -2.02. The van der Waals surface area contributed by atoms with Gasteiger partial charge in [0.15, 0.2) is 10.9 Å². The van der Waals surface area contributed by atoms with Gasteiger partial charge in [0.2, 0.25) is 0 Å². The van der Waals surface area contributed by atoms with Gasteiger partial charge in [-0.15, -0.1) is 0 Å². The minimum Gasteiger partial charge on any atom is -0.464 e. The van der Waals surface area contributed by atoms with Crippen LogP contribution in [0.2, 0.25) is 0 Å². The number of ether oxygens (including phenoxy) is 1. The van der Waals surface area contributed by atoms with E-state index in [1.54, 1.807) is 11.6 Å². The summed E-state index contributed by atoms with van der Waals surface area (Å²) in [6.45, 7) is -0.295. The van der Waals surface area contributed by atoms with E-state index in [2.05, 4.69) is 21.8 Å². The molecule has 110 valence electrons. The van der Waals surface area contributed by atoms with Gasteiger partial charge in [-0.1, -0.05) is 17.7 Å². The van der Waals surface area contributed by atoms with Crippen LogP contribution in [-0.4, -0.2) is 45.6 Å². The molecule has 0 aliphatic rings. The number of carbonyl (C=O) groups is 1. The SMILES string of the molecule is COC(=O)c1c(N)c2c(C#CCO)nc(SC)nc2n1C. The number of aliphatic hydroxyl groups excluding tert-OH is 1. The van der Waals surface area contributed by atoms with E-state index in [9.17, 15) is 4.79 Å². The molecule has 0 radical (unpaired) electrons. The number of thioether (sulfide) groups is 1. The number of carbonyl (C=O) groups excluding carboxylic acids is 1. The van der Waals surface area contributed by atoms with E-state index in [1.807, 2.05) is 6.26 Å². The number of nitrogens with two attached hydrogens (primary N) is 1. The number of anilines is 1. The van der Waals surface area contributed by atoms with E-state index in [4.69, 9.17) is 15.6 Å². The Labute approximate surface area is 125 Å². The highest BCUT2D eigenvalue weighted by Gasteiger charge is 2.23. The summed E-state index contributed by atoms with van der Waals surface area (Å²) in [5.74, 6) is 4.72. The summed E-state index contributed by atoms with van der Waals surface area (Å²) in [6.07, 6.45) is 1.83. The summed E-state index contributed by atoms with van der Waals surface area (Å²) in [5, 5.41) is 9.83. The molecule has 0 aliphatic heterocycles. The van der Waals surface area contributed by atoms with Crippen LogP contribution in [-0.2, 0) is 11.8 Å². The zero-order valence-electron chi connectivity index (χ0n) is 11.8. The van der Waals surface area contributed by atoms with Gasteiger partial charge < -0.3 is 20.1 Å². The van der Waals surface area contributed by atoms with Gasteiger partial charge in [-0.2, -0.15) is 0 Å². The molecule has 0 atom stereocenters. The molecular weight excluding hydrogens is 292 g/mol. The Balaban J connectivity index is 2.87. The highest BCUT2D eigenvalue weighted by molar-refractivity contribution is 7.98. The summed E-state index contributed by atoms with van der Waals surface area (Å²) >= 11 is 1.35. The number of aromatic nitrogens is 3. The number of hydrogen-bond donors (Lipinski definition) is 2. The maximum Gasteiger partial charge on any atom is 0.356 e. The van der Waals surface area contributed by atoms with Crippen LogP contribution in [0, 0.1) is 11.8 Å². The molecule has 0 amide bonds. The van der Waals surface area contributed by atoms with Crippen LogP contribution in [0.5, 0.6) is 0 Å². The first kappa shape index (κ1) is 15.2. The average molecular weight is 306 g/mol. The van der Waals surface area contributed by atoms with Crippen molar-refractivity contribution in [1.82, 2.24) is 14.5 Å². The number of hydrogen-bond acceptors (Lipinski definition) is 7. The quantitative estimate of drug-likeness (QED) is 0.358. The maximum absolute atomic E-state index is 11.9. The normalized spacial score (nSPS) is 10.3. The maximum atomic E-state index is 11.9. The molecule has 21 heavy (non-hydrogen) atoms. The Bertz CT molecular complexity index is 773. The Morgan fingerprint density at radius 1 is 1.52 bits per heavy atom. The van der Waals surface area contributed by atoms with Crippen LogP contribution >= 0.6 is 11.8 Å². The zero-order valence-corrected chi connectivity index (χ0v) is 12.6. The second-order valence-corrected chi connectivity index (χ2v) is 4.80. The fourth-order valence-electron chi connectivity index (χ4n) is 1.97. The second-order valence-electron chi connectivity index (χ2n) is 4.03. The molecule has 0 spiro atoms. The standard InChI is InChI=1S/C13H14N4O3S/c1-17-10(12(19)20-2)9(14)8-7(5-4-6-18)15-13(21-3)16-11(8)17/h18H,6,14H2,1-3H3. The molecule has 0 aliphatic carbocycles. The molecule has 8 heteroatoms. The van der Waals surface area contributed by atoms with Crippen LogP contribution in [0.1, 0.15) is 16.2 Å². The third-order valence-electron chi connectivity index (χ3n) is 2.89. The number of nitrogens with zero attached hydrogens (tertiary/aromatic N) is 3. The topological polar surface area (TPSA) is 103 Å². The molecule has 0 saturated heterocycles. The van der Waals surface area contributed by atoms with Gasteiger partial charge >= 0.3 is 5.97 Å². The zero-order chi connectivity index (χ0) is 15.6. The lowest BCUT2D eigenvalue weighted by Crippen LogP contribution is -2.10. The molecule has 0 unspecified atom stereocenters. The predicted octanol–water partition coefficient (Wildman–Crippen LogP) is 0.403. The highest BCUT2D eigenvalue weighted by atomic mass is 32.2. The third kappa shape index (κ3) is 2.53. The van der Waals surface area contributed by atoms with Crippen molar-refractivity contribution >= 4 is 34.5 Å². The lowest BCUT2D eigenvalue weighted by molar-refractivity contribution is 0.0591. The summed E-state index contributed by atoms with van der Waals surface area (Å²) < 4.78 is 6.29. The number of nitrogen functional groups attached to an aromatic ring is 1. The molecule has 0 bridgehead atoms. The average Bonchev–Trinajstić information content (AvgIpc) is 2.75. The van der Waals surface area contributed by atoms with Gasteiger partial charge in [-0.05, 0) is 12.2 Å². The summed E-state index contributed by atoms with van der Waals surface area (Å²) in [7, 11) is 2.95. The van der Waals surface area contributed by atoms with E-state index in [0.717, 1.165) is 0 Å². The van der Waals surface area contributed by atoms with Crippen molar-refractivity contribution in [3.63, 3.8) is 0 Å². The first-order valence-corrected chi connectivity index (χ1v) is 7.15. The van der Waals surface area contributed by atoms with Crippen LogP contribution in [0.15, 0.2) is 5.16 Å². The van der Waals surface area contributed by atoms with Gasteiger partial charge in [-0.25, -0.2) is 14.8 Å². The van der Waals surface area contributed by atoms with Crippen molar-refractivity contribution in [2.75, 3.05) is 25.7 Å². The van der Waals surface area contributed by atoms with Gasteiger partial charge in [-0.3, -0.25) is 0 Å². The lowest BCUT2D eigenvalue weighted by atomic mass is 10.2. The smallest absolute Gasteiger partial charge is 0.356 e. The molecular formula is C13H14N4O3S. The molecule has 2 rings (SSSR count). The molecule has 7 nitrogen and oxygen atoms in total. The Hall–Kier alpha value is -2.24. The Morgan fingerprint density at radius 3 is 2.81 bits per heavy atom. The Morgan fingerprint density at radius 2 is 2.24 bits per heavy atom. The molecule has 0 aromatic carbocycles. The van der Waals surface area contributed by atoms with Crippen LogP contribution in [0.25, 0.3) is 11.0 Å². The Kier molecular flexibility index (Phi) is 4.35. The number of esters is 1. The monoisotopic (exact) mass is 306 g/mol. The van der Waals surface area contributed by atoms with Gasteiger partial charge in [0.05, 0.1) is 18.2 Å². The van der Waals surface area contributed by atoms with E-state index >= 15 is 0 Å². The first-order chi connectivity index (χ1) is 10.0. The van der Waals surface area contributed by atoms with Crippen molar-refractivity contribution in [1.29, 1.82) is 0 Å². The van der Waals surface area contributed by atoms with E-state index < -0.39 is 5.97 Å². The minimum absolute atomic E-state index is 0.201. The predicted molar refractivity (Wildman–Crippen MR) is 80.0 cm³/mol. The van der Waals surface area contributed by atoms with Crippen molar-refractivity contribution < 1.29 is 14.6 Å². The minimum atomic E-state index is -0.556. The third-order valence-corrected chi connectivity index (χ3v) is 3.44. The molecule has 0 fully saturated rings. The molecule has 2 aromatic heterocycles. The second kappa shape index (κ2) is 6.03. The number of rotatable bonds is 2. The fraction of sp³-hybridized carbons (Fsp3) is 0.308. The van der Waals surface area contributed by atoms with Crippen molar-refractivity contribution in [3.05, 3.63) is 11.4 Å². The van der Waals surface area contributed by atoms with Crippen molar-refractivity contribution in [3.8, 4) is 11.8 Å². The number of methoxy groups -OCH3 is 1. The van der Waals surface area contributed by atoms with Gasteiger partial charge in [0, 0.05) is 7.05 Å². The number of aliphatic hydroxyl groups is 1. The van der Waals surface area contributed by atoms with Crippen molar-refractivity contribution in [2.45, 2.75) is 5.16 Å². The van der Waals surface area contributed by atoms with E-state index in [1.165, 1.54) is 18.9 Å². The summed E-state index contributed by atoms with van der Waals surface area (Å²) in [5.41, 5.74) is 7.33. The van der Waals surface area contributed by atoms with Crippen molar-refractivity contribution in [2.24, 2.45) is 7.05 Å². The molecule has 2 aromatic rings.